The Hall–Kier alpha value is -1.55. The first-order valence-corrected chi connectivity index (χ1v) is 7.46. The van der Waals surface area contributed by atoms with Crippen molar-refractivity contribution >= 4 is 5.69 Å². The van der Waals surface area contributed by atoms with Crippen LogP contribution in [0.25, 0.3) is 0 Å². The number of nitrogens with one attached hydrogen (secondary N) is 1. The lowest BCUT2D eigenvalue weighted by molar-refractivity contribution is 0.226. The van der Waals surface area contributed by atoms with E-state index >= 15 is 0 Å². The highest BCUT2D eigenvalue weighted by Gasteiger charge is 2.26. The second-order valence-corrected chi connectivity index (χ2v) is 5.75. The van der Waals surface area contributed by atoms with E-state index in [1.165, 1.54) is 30.5 Å². The number of H-pyrrole nitrogens is 1. The molecule has 1 N–H and O–H groups in total. The molecule has 0 amide bonds. The van der Waals surface area contributed by atoms with E-state index in [9.17, 15) is 0 Å². The minimum Gasteiger partial charge on any atom is -0.380 e. The fraction of sp³-hybridized carbons (Fsp3) is 0.562. The van der Waals surface area contributed by atoms with Crippen LogP contribution < -0.4 is 4.90 Å². The summed E-state index contributed by atoms with van der Waals surface area (Å²) in [7, 11) is 1.76. The van der Waals surface area contributed by atoms with Gasteiger partial charge in [-0.25, -0.2) is 0 Å². The average molecular weight is 273 g/mol. The molecule has 1 saturated heterocycles. The summed E-state index contributed by atoms with van der Waals surface area (Å²) < 4.78 is 5.18. The molecule has 1 atom stereocenters. The maximum Gasteiger partial charge on any atom is 0.0749 e. The number of piperidine rings is 1. The smallest absolute Gasteiger partial charge is 0.0749 e. The fourth-order valence-corrected chi connectivity index (χ4v) is 3.31. The number of aromatic nitrogens is 2. The van der Waals surface area contributed by atoms with Crippen LogP contribution in [-0.2, 0) is 4.74 Å². The second-order valence-electron chi connectivity index (χ2n) is 5.75. The summed E-state index contributed by atoms with van der Waals surface area (Å²) >= 11 is 0. The van der Waals surface area contributed by atoms with Gasteiger partial charge in [0.05, 0.1) is 18.5 Å². The van der Waals surface area contributed by atoms with Gasteiger partial charge in [-0.15, -0.1) is 0 Å². The first kappa shape index (κ1) is 13.4. The van der Waals surface area contributed by atoms with Crippen molar-refractivity contribution in [2.75, 3.05) is 31.7 Å². The SMILES string of the molecule is COCC1=CCC(C2CCN(c3cn[nH]c3)CC2)C=C1. The molecule has 4 heteroatoms. The molecular formula is C16H23N3O. The summed E-state index contributed by atoms with van der Waals surface area (Å²) in [5.41, 5.74) is 2.55. The van der Waals surface area contributed by atoms with E-state index in [4.69, 9.17) is 4.74 Å². The van der Waals surface area contributed by atoms with Crippen molar-refractivity contribution in [2.45, 2.75) is 19.3 Å². The molecule has 0 radical (unpaired) electrons. The van der Waals surface area contributed by atoms with Crippen molar-refractivity contribution < 1.29 is 4.74 Å². The number of nitrogens with zero attached hydrogens (tertiary/aromatic N) is 2. The summed E-state index contributed by atoms with van der Waals surface area (Å²) in [5.74, 6) is 1.52. The quantitative estimate of drug-likeness (QED) is 0.917. The van der Waals surface area contributed by atoms with Gasteiger partial charge in [0.1, 0.15) is 0 Å². The molecule has 0 aromatic carbocycles. The predicted molar refractivity (Wildman–Crippen MR) is 80.7 cm³/mol. The molecule has 108 valence electrons. The van der Waals surface area contributed by atoms with Crippen molar-refractivity contribution in [3.8, 4) is 0 Å². The van der Waals surface area contributed by atoms with Gasteiger partial charge >= 0.3 is 0 Å². The highest BCUT2D eigenvalue weighted by molar-refractivity contribution is 5.42. The highest BCUT2D eigenvalue weighted by Crippen LogP contribution is 2.32. The number of methoxy groups -OCH3 is 1. The van der Waals surface area contributed by atoms with Crippen LogP contribution in [-0.4, -0.2) is 37.0 Å². The third-order valence-corrected chi connectivity index (χ3v) is 4.51. The zero-order valence-corrected chi connectivity index (χ0v) is 12.1. The van der Waals surface area contributed by atoms with E-state index in [1.54, 1.807) is 7.11 Å². The summed E-state index contributed by atoms with van der Waals surface area (Å²) in [6.07, 6.45) is 14.6. The van der Waals surface area contributed by atoms with Gasteiger partial charge in [0.15, 0.2) is 0 Å². The zero-order valence-electron chi connectivity index (χ0n) is 12.1. The Morgan fingerprint density at radius 2 is 2.25 bits per heavy atom. The van der Waals surface area contributed by atoms with E-state index in [0.717, 1.165) is 25.6 Å². The number of hydrogen-bond acceptors (Lipinski definition) is 3. The first-order valence-electron chi connectivity index (χ1n) is 7.46. The third-order valence-electron chi connectivity index (χ3n) is 4.51. The minimum absolute atomic E-state index is 0.710. The molecule has 1 aromatic rings. The number of rotatable bonds is 4. The van der Waals surface area contributed by atoms with Gasteiger partial charge in [-0.1, -0.05) is 18.2 Å². The molecule has 2 heterocycles. The molecule has 0 saturated carbocycles. The topological polar surface area (TPSA) is 41.1 Å². The van der Waals surface area contributed by atoms with Gasteiger partial charge in [-0.3, -0.25) is 5.10 Å². The van der Waals surface area contributed by atoms with Crippen LogP contribution in [0, 0.1) is 11.8 Å². The molecule has 0 spiro atoms. The van der Waals surface area contributed by atoms with Gasteiger partial charge in [-0.2, -0.15) is 5.10 Å². The lowest BCUT2D eigenvalue weighted by Gasteiger charge is -2.36. The van der Waals surface area contributed by atoms with Crippen LogP contribution >= 0.6 is 0 Å². The standard InChI is InChI=1S/C16H23N3O/c1-20-12-13-2-4-14(5-3-13)15-6-8-19(9-7-15)16-10-17-18-11-16/h2-4,10-11,14-15H,5-9,12H2,1H3,(H,17,18). The van der Waals surface area contributed by atoms with E-state index in [0.29, 0.717) is 5.92 Å². The maximum absolute atomic E-state index is 5.18. The van der Waals surface area contributed by atoms with E-state index < -0.39 is 0 Å². The Labute approximate surface area is 120 Å². The Balaban J connectivity index is 1.51. The van der Waals surface area contributed by atoms with Gasteiger partial charge in [-0.05, 0) is 36.7 Å². The van der Waals surface area contributed by atoms with E-state index in [1.807, 2.05) is 12.4 Å². The number of hydrogen-bond donors (Lipinski definition) is 1. The van der Waals surface area contributed by atoms with Gasteiger partial charge in [0.2, 0.25) is 0 Å². The van der Waals surface area contributed by atoms with Crippen LogP contribution in [0.3, 0.4) is 0 Å². The number of allylic oxidation sites excluding steroid dienone is 2. The summed E-state index contributed by atoms with van der Waals surface area (Å²) in [4.78, 5) is 2.43. The average Bonchev–Trinajstić information content (AvgIpc) is 3.03. The van der Waals surface area contributed by atoms with Crippen LogP contribution in [0.1, 0.15) is 19.3 Å². The number of anilines is 1. The number of ether oxygens (including phenoxy) is 1. The zero-order chi connectivity index (χ0) is 13.8. The third kappa shape index (κ3) is 2.96. The highest BCUT2D eigenvalue weighted by atomic mass is 16.5. The lowest BCUT2D eigenvalue weighted by atomic mass is 9.80. The predicted octanol–water partition coefficient (Wildman–Crippen LogP) is 2.78. The first-order chi connectivity index (χ1) is 9.86. The summed E-state index contributed by atoms with van der Waals surface area (Å²) in [6.45, 7) is 3.02. The molecule has 1 aliphatic carbocycles. The van der Waals surface area contributed by atoms with Gasteiger partial charge < -0.3 is 9.64 Å². The van der Waals surface area contributed by atoms with Crippen molar-refractivity contribution in [2.24, 2.45) is 11.8 Å². The lowest BCUT2D eigenvalue weighted by Crippen LogP contribution is -2.35. The largest absolute Gasteiger partial charge is 0.380 e. The van der Waals surface area contributed by atoms with Crippen molar-refractivity contribution in [1.82, 2.24) is 10.2 Å². The van der Waals surface area contributed by atoms with Crippen LogP contribution in [0.4, 0.5) is 5.69 Å². The van der Waals surface area contributed by atoms with Crippen molar-refractivity contribution in [3.63, 3.8) is 0 Å². The second kappa shape index (κ2) is 6.27. The molecular weight excluding hydrogens is 250 g/mol. The maximum atomic E-state index is 5.18. The monoisotopic (exact) mass is 273 g/mol. The molecule has 3 rings (SSSR count). The normalized spacial score (nSPS) is 23.9. The Morgan fingerprint density at radius 3 is 2.85 bits per heavy atom. The van der Waals surface area contributed by atoms with Crippen molar-refractivity contribution in [3.05, 3.63) is 36.2 Å². The van der Waals surface area contributed by atoms with Crippen LogP contribution in [0.5, 0.6) is 0 Å². The molecule has 1 aromatic heterocycles. The molecule has 2 aliphatic rings. The van der Waals surface area contributed by atoms with Crippen LogP contribution in [0.2, 0.25) is 0 Å². The molecule has 1 unspecified atom stereocenters. The van der Waals surface area contributed by atoms with Gasteiger partial charge in [0, 0.05) is 26.4 Å². The molecule has 4 nitrogen and oxygen atoms in total. The molecule has 0 bridgehead atoms. The fourth-order valence-electron chi connectivity index (χ4n) is 3.31. The van der Waals surface area contributed by atoms with Gasteiger partial charge in [0.25, 0.3) is 0 Å². The minimum atomic E-state index is 0.710. The Morgan fingerprint density at radius 1 is 1.40 bits per heavy atom. The number of aromatic amines is 1. The summed E-state index contributed by atoms with van der Waals surface area (Å²) in [6, 6.07) is 0. The Kier molecular flexibility index (Phi) is 4.21. The van der Waals surface area contributed by atoms with E-state index in [-0.39, 0.29) is 0 Å². The Bertz CT molecular complexity index is 470. The summed E-state index contributed by atoms with van der Waals surface area (Å²) in [5, 5.41) is 6.93. The molecule has 1 aliphatic heterocycles. The molecule has 20 heavy (non-hydrogen) atoms. The van der Waals surface area contributed by atoms with Crippen molar-refractivity contribution in [1.29, 1.82) is 0 Å². The molecule has 1 fully saturated rings. The van der Waals surface area contributed by atoms with E-state index in [2.05, 4.69) is 33.3 Å². The van der Waals surface area contributed by atoms with Crippen LogP contribution in [0.15, 0.2) is 36.2 Å².